The average Bonchev–Trinajstić information content (AvgIpc) is 2.16. The number of hydrogen-bond acceptors (Lipinski definition) is 1. The molecule has 0 amide bonds. The van der Waals surface area contributed by atoms with Crippen molar-refractivity contribution in [1.82, 2.24) is 0 Å². The summed E-state index contributed by atoms with van der Waals surface area (Å²) in [7, 11) is 0. The molecule has 2 unspecified atom stereocenters. The first-order chi connectivity index (χ1) is 6.93. The van der Waals surface area contributed by atoms with Crippen LogP contribution in [0.2, 0.25) is 0 Å². The minimum absolute atomic E-state index is 0.0269. The zero-order chi connectivity index (χ0) is 11.5. The predicted molar refractivity (Wildman–Crippen MR) is 67.1 cm³/mol. The fourth-order valence-corrected chi connectivity index (χ4v) is 2.14. The minimum atomic E-state index is 0.0269. The third kappa shape index (κ3) is 3.84. The van der Waals surface area contributed by atoms with Gasteiger partial charge in [0.2, 0.25) is 0 Å². The molecule has 0 spiro atoms. The number of hydrogen-bond donors (Lipinski definition) is 1. The van der Waals surface area contributed by atoms with E-state index in [4.69, 9.17) is 10.7 Å². The van der Waals surface area contributed by atoms with Crippen LogP contribution in [-0.4, -0.2) is 11.9 Å². The lowest BCUT2D eigenvalue weighted by molar-refractivity contribution is 0.315. The van der Waals surface area contributed by atoms with Crippen molar-refractivity contribution < 1.29 is 0 Å². The lowest BCUT2D eigenvalue weighted by atomic mass is 9.84. The Hall–Kier alpha value is -0.530. The van der Waals surface area contributed by atoms with Crippen molar-refractivity contribution in [1.29, 1.82) is 0 Å². The summed E-state index contributed by atoms with van der Waals surface area (Å²) in [6.07, 6.45) is 6.48. The van der Waals surface area contributed by atoms with E-state index in [0.717, 1.165) is 11.8 Å². The van der Waals surface area contributed by atoms with E-state index in [1.807, 2.05) is 0 Å². The molecule has 0 aliphatic heterocycles. The Balaban J connectivity index is 2.57. The Morgan fingerprint density at radius 3 is 2.53 bits per heavy atom. The molecule has 1 saturated carbocycles. The molecular weight excluding hydrogens is 184 g/mol. The van der Waals surface area contributed by atoms with Crippen LogP contribution in [0.1, 0.15) is 59.8 Å². The summed E-state index contributed by atoms with van der Waals surface area (Å²) in [5.41, 5.74) is 6.05. The van der Waals surface area contributed by atoms with Crippen molar-refractivity contribution in [2.45, 2.75) is 65.8 Å². The van der Waals surface area contributed by atoms with Crippen molar-refractivity contribution in [3.63, 3.8) is 0 Å². The second-order valence-corrected chi connectivity index (χ2v) is 5.86. The molecule has 1 aliphatic rings. The molecule has 0 aromatic carbocycles. The van der Waals surface area contributed by atoms with Crippen LogP contribution in [0.3, 0.4) is 0 Å². The van der Waals surface area contributed by atoms with Gasteiger partial charge in [0.1, 0.15) is 0 Å². The average molecular weight is 210 g/mol. The molecule has 0 aromatic rings. The van der Waals surface area contributed by atoms with Gasteiger partial charge in [-0.05, 0) is 18.8 Å². The van der Waals surface area contributed by atoms with E-state index in [0.29, 0.717) is 6.04 Å². The molecule has 0 aromatic heterocycles. The zero-order valence-electron chi connectivity index (χ0n) is 10.7. The van der Waals surface area contributed by atoms with Crippen molar-refractivity contribution in [2.24, 2.45) is 22.1 Å². The molecular formula is C13H26N2. The van der Waals surface area contributed by atoms with Gasteiger partial charge in [0.25, 0.3) is 0 Å². The van der Waals surface area contributed by atoms with E-state index in [2.05, 4.69) is 27.7 Å². The number of aliphatic imine (C=N–C) groups is 1. The van der Waals surface area contributed by atoms with Crippen LogP contribution in [0, 0.1) is 11.3 Å². The first-order valence-corrected chi connectivity index (χ1v) is 6.27. The molecule has 88 valence electrons. The summed E-state index contributed by atoms with van der Waals surface area (Å²) >= 11 is 0. The van der Waals surface area contributed by atoms with Gasteiger partial charge >= 0.3 is 0 Å². The van der Waals surface area contributed by atoms with Crippen molar-refractivity contribution in [3.05, 3.63) is 0 Å². The molecule has 0 radical (unpaired) electrons. The summed E-state index contributed by atoms with van der Waals surface area (Å²) in [6, 6.07) is 0.489. The van der Waals surface area contributed by atoms with Crippen LogP contribution in [0.25, 0.3) is 0 Å². The Kier molecular flexibility index (Phi) is 4.18. The maximum atomic E-state index is 6.02. The number of nitrogens with two attached hydrogens (primary N) is 1. The number of amidine groups is 1. The monoisotopic (exact) mass is 210 g/mol. The van der Waals surface area contributed by atoms with Crippen LogP contribution in [0.5, 0.6) is 0 Å². The van der Waals surface area contributed by atoms with E-state index in [1.54, 1.807) is 0 Å². The third-order valence-corrected chi connectivity index (χ3v) is 3.42. The van der Waals surface area contributed by atoms with Crippen LogP contribution in [0.15, 0.2) is 4.99 Å². The van der Waals surface area contributed by atoms with Gasteiger partial charge in [-0.3, -0.25) is 4.99 Å². The zero-order valence-corrected chi connectivity index (χ0v) is 10.7. The summed E-state index contributed by atoms with van der Waals surface area (Å²) in [6.45, 7) is 8.67. The summed E-state index contributed by atoms with van der Waals surface area (Å²) in [4.78, 5) is 4.70. The van der Waals surface area contributed by atoms with Crippen molar-refractivity contribution >= 4 is 5.84 Å². The highest BCUT2D eigenvalue weighted by atomic mass is 14.9. The van der Waals surface area contributed by atoms with E-state index >= 15 is 0 Å². The van der Waals surface area contributed by atoms with Gasteiger partial charge in [-0.25, -0.2) is 0 Å². The fourth-order valence-electron chi connectivity index (χ4n) is 2.14. The van der Waals surface area contributed by atoms with E-state index in [9.17, 15) is 0 Å². The first-order valence-electron chi connectivity index (χ1n) is 6.27. The van der Waals surface area contributed by atoms with E-state index in [-0.39, 0.29) is 5.41 Å². The van der Waals surface area contributed by atoms with Crippen molar-refractivity contribution in [3.8, 4) is 0 Å². The fraction of sp³-hybridized carbons (Fsp3) is 0.923. The molecule has 1 rings (SSSR count). The molecule has 1 fully saturated rings. The molecule has 0 bridgehead atoms. The molecule has 0 saturated heterocycles. The van der Waals surface area contributed by atoms with Gasteiger partial charge < -0.3 is 5.73 Å². The second-order valence-electron chi connectivity index (χ2n) is 5.86. The van der Waals surface area contributed by atoms with Crippen LogP contribution in [-0.2, 0) is 0 Å². The second kappa shape index (κ2) is 5.00. The third-order valence-electron chi connectivity index (χ3n) is 3.42. The number of rotatable bonds is 2. The Bertz CT molecular complexity index is 225. The maximum absolute atomic E-state index is 6.02. The van der Waals surface area contributed by atoms with Crippen LogP contribution < -0.4 is 5.73 Å². The Labute approximate surface area is 94.3 Å². The quantitative estimate of drug-likeness (QED) is 0.551. The van der Waals surface area contributed by atoms with Gasteiger partial charge in [0.05, 0.1) is 11.9 Å². The van der Waals surface area contributed by atoms with Gasteiger partial charge in [-0.1, -0.05) is 47.0 Å². The molecule has 2 heteroatoms. The Morgan fingerprint density at radius 1 is 1.33 bits per heavy atom. The van der Waals surface area contributed by atoms with Crippen LogP contribution in [0.4, 0.5) is 0 Å². The summed E-state index contributed by atoms with van der Waals surface area (Å²) in [5.74, 6) is 1.70. The minimum Gasteiger partial charge on any atom is -0.387 e. The maximum Gasteiger partial charge on any atom is 0.0994 e. The molecule has 15 heavy (non-hydrogen) atoms. The standard InChI is InChI=1S/C13H26N2/c1-5-10-7-6-8-11(9-10)15-12(14)13(2,3)4/h10-11H,5-9H2,1-4H3,(H2,14,15). The molecule has 2 N–H and O–H groups in total. The lowest BCUT2D eigenvalue weighted by Gasteiger charge is -2.28. The lowest BCUT2D eigenvalue weighted by Crippen LogP contribution is -2.31. The molecule has 2 atom stereocenters. The smallest absolute Gasteiger partial charge is 0.0994 e. The van der Waals surface area contributed by atoms with Gasteiger partial charge in [0, 0.05) is 5.41 Å². The Morgan fingerprint density at radius 2 is 2.00 bits per heavy atom. The summed E-state index contributed by atoms with van der Waals surface area (Å²) in [5, 5.41) is 0. The first kappa shape index (κ1) is 12.5. The van der Waals surface area contributed by atoms with E-state index in [1.165, 1.54) is 32.1 Å². The highest BCUT2D eigenvalue weighted by Gasteiger charge is 2.22. The molecule has 2 nitrogen and oxygen atoms in total. The normalized spacial score (nSPS) is 29.2. The van der Waals surface area contributed by atoms with Gasteiger partial charge in [-0.2, -0.15) is 0 Å². The molecule has 1 aliphatic carbocycles. The van der Waals surface area contributed by atoms with Gasteiger partial charge in [0.15, 0.2) is 0 Å². The largest absolute Gasteiger partial charge is 0.387 e. The highest BCUT2D eigenvalue weighted by Crippen LogP contribution is 2.29. The van der Waals surface area contributed by atoms with Gasteiger partial charge in [-0.15, -0.1) is 0 Å². The number of nitrogens with zero attached hydrogens (tertiary/aromatic N) is 1. The van der Waals surface area contributed by atoms with Crippen LogP contribution >= 0.6 is 0 Å². The summed E-state index contributed by atoms with van der Waals surface area (Å²) < 4.78 is 0. The predicted octanol–water partition coefficient (Wildman–Crippen LogP) is 3.36. The highest BCUT2D eigenvalue weighted by molar-refractivity contribution is 5.85. The topological polar surface area (TPSA) is 38.4 Å². The molecule has 0 heterocycles. The van der Waals surface area contributed by atoms with E-state index < -0.39 is 0 Å². The van der Waals surface area contributed by atoms with Crippen molar-refractivity contribution in [2.75, 3.05) is 0 Å². The SMILES string of the molecule is CCC1CCCC(N=C(N)C(C)(C)C)C1.